The fourth-order valence-electron chi connectivity index (χ4n) is 5.65. The summed E-state index contributed by atoms with van der Waals surface area (Å²) < 4.78 is 70.1. The summed E-state index contributed by atoms with van der Waals surface area (Å²) in [6.45, 7) is -0.186. The summed E-state index contributed by atoms with van der Waals surface area (Å²) in [5.74, 6) is -2.25. The van der Waals surface area contributed by atoms with Crippen LogP contribution in [0, 0.1) is 0 Å². The molecule has 3 heterocycles. The first-order valence-electron chi connectivity index (χ1n) is 16.4. The molecule has 0 radical (unpaired) electrons. The van der Waals surface area contributed by atoms with E-state index in [0.717, 1.165) is 36.8 Å². The molecule has 2 aromatic carbocycles. The molecule has 4 atom stereocenters. The summed E-state index contributed by atoms with van der Waals surface area (Å²) in [5, 5.41) is 32.4. The van der Waals surface area contributed by atoms with Crippen molar-refractivity contribution in [3.63, 3.8) is 0 Å². The van der Waals surface area contributed by atoms with Crippen molar-refractivity contribution in [3.8, 4) is 0 Å². The van der Waals surface area contributed by atoms with Crippen LogP contribution in [0.5, 0.6) is 0 Å². The molecule has 1 aliphatic carbocycles. The van der Waals surface area contributed by atoms with Gasteiger partial charge in [-0.3, -0.25) is 18.1 Å². The van der Waals surface area contributed by atoms with Gasteiger partial charge in [0, 0.05) is 6.04 Å². The van der Waals surface area contributed by atoms with E-state index in [4.69, 9.17) is 39.8 Å². The van der Waals surface area contributed by atoms with Crippen molar-refractivity contribution in [2.24, 2.45) is 0 Å². The zero-order valence-electron chi connectivity index (χ0n) is 27.6. The number of phosphoric ester groups is 1. The highest BCUT2D eigenvalue weighted by Gasteiger charge is 2.46. The molecular formula is C33H38ClF3N5O9P. The number of anilines is 1. The van der Waals surface area contributed by atoms with Gasteiger partial charge >= 0.3 is 20.0 Å². The zero-order chi connectivity index (χ0) is 37.3. The average Bonchev–Trinajstić information content (AvgIpc) is 3.85. The van der Waals surface area contributed by atoms with Crippen LogP contribution in [0.15, 0.2) is 67.0 Å². The zero-order valence-corrected chi connectivity index (χ0v) is 29.3. The number of hydrogen-bond acceptors (Lipinski definition) is 12. The maximum absolute atomic E-state index is 13.7. The second-order valence-electron chi connectivity index (χ2n) is 12.0. The Morgan fingerprint density at radius 3 is 2.04 bits per heavy atom. The third-order valence-corrected chi connectivity index (χ3v) is 9.94. The number of carbonyl (C=O) groups is 1. The fourth-order valence-corrected chi connectivity index (χ4v) is 7.00. The lowest BCUT2D eigenvalue weighted by Gasteiger charge is -2.21. The molecule has 0 amide bonds. The molecule has 52 heavy (non-hydrogen) atoms. The monoisotopic (exact) mass is 771 g/mol. The normalized spacial score (nSPS) is 20.9. The van der Waals surface area contributed by atoms with Gasteiger partial charge in [-0.05, 0) is 48.4 Å². The Labute approximate surface area is 301 Å². The number of benzene rings is 2. The molecule has 1 saturated heterocycles. The minimum Gasteiger partial charge on any atom is -0.475 e. The number of phosphoric acid groups is 1. The van der Waals surface area contributed by atoms with Gasteiger partial charge in [-0.15, -0.1) is 0 Å². The summed E-state index contributed by atoms with van der Waals surface area (Å²) >= 11 is 6.27. The third kappa shape index (κ3) is 10.7. The lowest BCUT2D eigenvalue weighted by atomic mass is 10.1. The molecule has 0 unspecified atom stereocenters. The minimum atomic E-state index is -5.08. The minimum absolute atomic E-state index is 0.0129. The van der Waals surface area contributed by atoms with Crippen LogP contribution in [0.25, 0.3) is 11.2 Å². The van der Waals surface area contributed by atoms with Gasteiger partial charge < -0.3 is 25.4 Å². The van der Waals surface area contributed by atoms with Crippen molar-refractivity contribution >= 4 is 42.4 Å². The lowest BCUT2D eigenvalue weighted by Crippen LogP contribution is -2.33. The third-order valence-electron chi connectivity index (χ3n) is 8.31. The molecule has 14 nitrogen and oxygen atoms in total. The number of aliphatic hydroxyl groups is 2. The summed E-state index contributed by atoms with van der Waals surface area (Å²) in [6.07, 6.45) is -3.16. The maximum atomic E-state index is 13.7. The van der Waals surface area contributed by atoms with Crippen LogP contribution in [0.4, 0.5) is 19.0 Å². The van der Waals surface area contributed by atoms with Crippen LogP contribution in [-0.4, -0.2) is 91.2 Å². The number of aliphatic carboxylic acids is 1. The first-order valence-corrected chi connectivity index (χ1v) is 18.3. The van der Waals surface area contributed by atoms with E-state index in [1.165, 1.54) is 10.9 Å². The Morgan fingerprint density at radius 2 is 1.50 bits per heavy atom. The number of fused-ring (bicyclic) bond motifs is 1. The van der Waals surface area contributed by atoms with E-state index in [0.29, 0.717) is 29.8 Å². The van der Waals surface area contributed by atoms with Crippen molar-refractivity contribution in [2.75, 3.05) is 25.1 Å². The molecule has 0 spiro atoms. The Bertz CT molecular complexity index is 1750. The molecule has 1 saturated carbocycles. The molecule has 6 rings (SSSR count). The van der Waals surface area contributed by atoms with E-state index < -0.39 is 44.5 Å². The van der Waals surface area contributed by atoms with Crippen LogP contribution in [0.3, 0.4) is 0 Å². The van der Waals surface area contributed by atoms with Gasteiger partial charge in [-0.1, -0.05) is 73.5 Å². The molecule has 1 aliphatic heterocycles. The predicted octanol–water partition coefficient (Wildman–Crippen LogP) is 5.73. The molecule has 19 heteroatoms. The molecule has 282 valence electrons. The fraction of sp³-hybridized carbons (Fsp3) is 0.455. The smallest absolute Gasteiger partial charge is 0.475 e. The number of halogens is 4. The van der Waals surface area contributed by atoms with Crippen molar-refractivity contribution in [1.82, 2.24) is 19.5 Å². The Morgan fingerprint density at radius 1 is 0.942 bits per heavy atom. The van der Waals surface area contributed by atoms with E-state index >= 15 is 0 Å². The number of imidazole rings is 1. The Hall–Kier alpha value is -3.67. The first kappa shape index (κ1) is 39.5. The summed E-state index contributed by atoms with van der Waals surface area (Å²) in [6, 6.07) is 19.5. The van der Waals surface area contributed by atoms with Gasteiger partial charge in [0.2, 0.25) is 5.28 Å². The van der Waals surface area contributed by atoms with E-state index in [-0.39, 0.29) is 31.1 Å². The molecule has 2 aliphatic rings. The van der Waals surface area contributed by atoms with Crippen LogP contribution >= 0.6 is 19.4 Å². The topological polar surface area (TPSA) is 187 Å². The molecule has 4 aromatic rings. The largest absolute Gasteiger partial charge is 0.490 e. The van der Waals surface area contributed by atoms with Gasteiger partial charge in [-0.25, -0.2) is 14.3 Å². The summed E-state index contributed by atoms with van der Waals surface area (Å²) in [5.41, 5.74) is 2.82. The van der Waals surface area contributed by atoms with Crippen molar-refractivity contribution in [2.45, 2.75) is 75.3 Å². The Kier molecular flexibility index (Phi) is 13.6. The van der Waals surface area contributed by atoms with Gasteiger partial charge in [0.05, 0.1) is 26.1 Å². The SMILES string of the molecule is O=C(O)C(F)(F)F.O=P(OCCc1ccccc1)(OCCc1ccccc1)OC[C@H]1O[C@@H](n2cnc3c(NC4CCCC4)nc(Cl)nc32)[C@H](O)[C@@H]1O. The number of rotatable bonds is 14. The van der Waals surface area contributed by atoms with Crippen LogP contribution in [-0.2, 0) is 40.5 Å². The summed E-state index contributed by atoms with van der Waals surface area (Å²) in [7, 11) is -4.08. The number of alkyl halides is 3. The van der Waals surface area contributed by atoms with E-state index in [9.17, 15) is 27.9 Å². The van der Waals surface area contributed by atoms with E-state index in [1.54, 1.807) is 0 Å². The predicted molar refractivity (Wildman–Crippen MR) is 182 cm³/mol. The number of carboxylic acid groups (broad SMARTS) is 1. The van der Waals surface area contributed by atoms with Gasteiger partial charge in [0.15, 0.2) is 23.2 Å². The highest BCUT2D eigenvalue weighted by Crippen LogP contribution is 2.50. The molecule has 2 aromatic heterocycles. The van der Waals surface area contributed by atoms with Gasteiger partial charge in [0.25, 0.3) is 0 Å². The molecule has 4 N–H and O–H groups in total. The van der Waals surface area contributed by atoms with Gasteiger partial charge in [0.1, 0.15) is 18.3 Å². The average molecular weight is 772 g/mol. The van der Waals surface area contributed by atoms with Crippen LogP contribution in [0.2, 0.25) is 5.28 Å². The maximum Gasteiger partial charge on any atom is 0.490 e. The lowest BCUT2D eigenvalue weighted by molar-refractivity contribution is -0.192. The number of nitrogens with zero attached hydrogens (tertiary/aromatic N) is 4. The highest BCUT2D eigenvalue weighted by atomic mass is 35.5. The summed E-state index contributed by atoms with van der Waals surface area (Å²) in [4.78, 5) is 22.0. The highest BCUT2D eigenvalue weighted by molar-refractivity contribution is 7.48. The number of aliphatic hydroxyl groups excluding tert-OH is 2. The van der Waals surface area contributed by atoms with Crippen LogP contribution < -0.4 is 5.32 Å². The number of aromatic nitrogens is 4. The molecule has 2 fully saturated rings. The quantitative estimate of drug-likeness (QED) is 0.0900. The Balaban J connectivity index is 0.000000679. The van der Waals surface area contributed by atoms with Crippen molar-refractivity contribution in [3.05, 3.63) is 83.4 Å². The van der Waals surface area contributed by atoms with Gasteiger partial charge in [-0.2, -0.15) is 23.1 Å². The van der Waals surface area contributed by atoms with Crippen molar-refractivity contribution < 1.29 is 56.2 Å². The standard InChI is InChI=1S/C31H37ClN5O7P.C2HF3O2/c32-31-35-28(34-23-13-7-8-14-23)25-29(36-31)37(20-33-25)30-27(39)26(38)24(44-30)19-43-45(40,41-17-15-21-9-3-1-4-10-21)42-18-16-22-11-5-2-6-12-22;3-2(4,5)1(6)7/h1-6,9-12,20,23-24,26-27,30,38-39H,7-8,13-19H2,(H,34,35,36);(H,6,7)/t24-,26-,27-,30-;/m1./s1. The second-order valence-corrected chi connectivity index (χ2v) is 14.0. The molecule has 0 bridgehead atoms. The second kappa shape index (κ2) is 17.9. The first-order chi connectivity index (χ1) is 24.8. The van der Waals surface area contributed by atoms with Crippen molar-refractivity contribution in [1.29, 1.82) is 0 Å². The number of hydrogen-bond donors (Lipinski definition) is 4. The van der Waals surface area contributed by atoms with E-state index in [2.05, 4.69) is 20.3 Å². The number of carboxylic acids is 1. The van der Waals surface area contributed by atoms with E-state index in [1.807, 2.05) is 60.7 Å². The molecular weight excluding hydrogens is 734 g/mol. The number of ether oxygens (including phenoxy) is 1. The number of nitrogens with one attached hydrogen (secondary N) is 1. The van der Waals surface area contributed by atoms with Crippen LogP contribution in [0.1, 0.15) is 43.0 Å².